The molecule has 0 aliphatic heterocycles. The number of nitrogens with zero attached hydrogens (tertiary/aromatic N) is 2. The highest BCUT2D eigenvalue weighted by molar-refractivity contribution is 7.98. The fraction of sp³-hybridized carbons (Fsp3) is 0.111. The molecular formula is C9H8N2OS. The molecule has 0 radical (unpaired) electrons. The van der Waals surface area contributed by atoms with Crippen molar-refractivity contribution in [3.8, 4) is 5.75 Å². The number of rotatable bonds is 1. The maximum Gasteiger partial charge on any atom is 0.131 e. The first-order valence-corrected chi connectivity index (χ1v) is 5.02. The molecule has 1 aromatic carbocycles. The van der Waals surface area contributed by atoms with Crippen molar-refractivity contribution in [3.63, 3.8) is 0 Å². The van der Waals surface area contributed by atoms with E-state index in [1.165, 1.54) is 11.8 Å². The van der Waals surface area contributed by atoms with Gasteiger partial charge in [-0.2, -0.15) is 10.2 Å². The van der Waals surface area contributed by atoms with Crippen molar-refractivity contribution < 1.29 is 5.11 Å². The molecule has 0 saturated carbocycles. The third kappa shape index (κ3) is 1.45. The molecule has 1 N–H and O–H groups in total. The fourth-order valence-corrected chi connectivity index (χ4v) is 1.68. The predicted octanol–water partition coefficient (Wildman–Crippen LogP) is 2.06. The van der Waals surface area contributed by atoms with Crippen LogP contribution in [0.1, 0.15) is 0 Å². The molecule has 0 saturated heterocycles. The topological polar surface area (TPSA) is 46.0 Å². The van der Waals surface area contributed by atoms with E-state index in [9.17, 15) is 5.11 Å². The average Bonchev–Trinajstić information content (AvgIpc) is 2.17. The Kier molecular flexibility index (Phi) is 2.06. The van der Waals surface area contributed by atoms with Gasteiger partial charge in [-0.25, -0.2) is 0 Å². The minimum Gasteiger partial charge on any atom is -0.507 e. The van der Waals surface area contributed by atoms with Crippen LogP contribution in [0.15, 0.2) is 29.3 Å². The molecule has 1 aromatic heterocycles. The lowest BCUT2D eigenvalue weighted by molar-refractivity contribution is 0.463. The molecular weight excluding hydrogens is 184 g/mol. The van der Waals surface area contributed by atoms with Crippen LogP contribution in [0, 0.1) is 0 Å². The minimum absolute atomic E-state index is 0.264. The molecule has 2 rings (SSSR count). The fourth-order valence-electron chi connectivity index (χ4n) is 1.17. The van der Waals surface area contributed by atoms with Gasteiger partial charge in [0.2, 0.25) is 0 Å². The maximum absolute atomic E-state index is 9.52. The van der Waals surface area contributed by atoms with Crippen molar-refractivity contribution in [2.45, 2.75) is 4.90 Å². The summed E-state index contributed by atoms with van der Waals surface area (Å²) in [5.74, 6) is 0.264. The van der Waals surface area contributed by atoms with Crippen LogP contribution in [0.5, 0.6) is 5.75 Å². The summed E-state index contributed by atoms with van der Waals surface area (Å²) in [7, 11) is 0. The van der Waals surface area contributed by atoms with E-state index >= 15 is 0 Å². The third-order valence-electron chi connectivity index (χ3n) is 1.81. The SMILES string of the molecule is CSc1cc2ccnnc2cc1O. The summed E-state index contributed by atoms with van der Waals surface area (Å²) in [5.41, 5.74) is 0.720. The smallest absolute Gasteiger partial charge is 0.131 e. The van der Waals surface area contributed by atoms with Crippen molar-refractivity contribution >= 4 is 22.7 Å². The standard InChI is InChI=1S/C9H8N2OS/c1-13-9-4-6-2-3-10-11-7(6)5-8(9)12/h2-5,12H,1H3. The van der Waals surface area contributed by atoms with Crippen LogP contribution < -0.4 is 0 Å². The van der Waals surface area contributed by atoms with Crippen LogP contribution in [-0.4, -0.2) is 21.6 Å². The average molecular weight is 192 g/mol. The number of aromatic nitrogens is 2. The molecule has 0 amide bonds. The van der Waals surface area contributed by atoms with Crippen molar-refractivity contribution in [2.75, 3.05) is 6.26 Å². The highest BCUT2D eigenvalue weighted by atomic mass is 32.2. The van der Waals surface area contributed by atoms with E-state index in [1.807, 2.05) is 18.4 Å². The van der Waals surface area contributed by atoms with Crippen molar-refractivity contribution in [1.29, 1.82) is 0 Å². The molecule has 0 unspecified atom stereocenters. The Morgan fingerprint density at radius 2 is 2.23 bits per heavy atom. The van der Waals surface area contributed by atoms with Gasteiger partial charge in [0.25, 0.3) is 0 Å². The molecule has 0 bridgehead atoms. The molecule has 4 heteroatoms. The molecule has 0 spiro atoms. The zero-order chi connectivity index (χ0) is 9.26. The highest BCUT2D eigenvalue weighted by Gasteiger charge is 2.02. The Morgan fingerprint density at radius 3 is 3.00 bits per heavy atom. The van der Waals surface area contributed by atoms with Gasteiger partial charge in [0.15, 0.2) is 0 Å². The number of thioether (sulfide) groups is 1. The van der Waals surface area contributed by atoms with Crippen LogP contribution in [0.25, 0.3) is 10.9 Å². The number of benzene rings is 1. The van der Waals surface area contributed by atoms with Gasteiger partial charge in [-0.15, -0.1) is 11.8 Å². The zero-order valence-corrected chi connectivity index (χ0v) is 7.88. The van der Waals surface area contributed by atoms with E-state index in [0.29, 0.717) is 0 Å². The second-order valence-electron chi connectivity index (χ2n) is 2.61. The first kappa shape index (κ1) is 8.31. The third-order valence-corrected chi connectivity index (χ3v) is 2.58. The van der Waals surface area contributed by atoms with Crippen LogP contribution in [-0.2, 0) is 0 Å². The van der Waals surface area contributed by atoms with Gasteiger partial charge in [0.05, 0.1) is 11.7 Å². The van der Waals surface area contributed by atoms with Crippen molar-refractivity contribution in [3.05, 3.63) is 24.4 Å². The number of phenols is 1. The quantitative estimate of drug-likeness (QED) is 0.702. The van der Waals surface area contributed by atoms with Crippen LogP contribution in [0.2, 0.25) is 0 Å². The van der Waals surface area contributed by atoms with E-state index in [2.05, 4.69) is 10.2 Å². The number of aromatic hydroxyl groups is 1. The van der Waals surface area contributed by atoms with Gasteiger partial charge in [0, 0.05) is 16.3 Å². The Bertz CT molecular complexity index is 445. The van der Waals surface area contributed by atoms with Gasteiger partial charge >= 0.3 is 0 Å². The largest absolute Gasteiger partial charge is 0.507 e. The lowest BCUT2D eigenvalue weighted by Crippen LogP contribution is -1.83. The van der Waals surface area contributed by atoms with E-state index in [1.54, 1.807) is 12.3 Å². The summed E-state index contributed by atoms with van der Waals surface area (Å²) in [5, 5.41) is 18.2. The van der Waals surface area contributed by atoms with E-state index in [0.717, 1.165) is 15.8 Å². The molecule has 0 fully saturated rings. The number of hydrogen-bond acceptors (Lipinski definition) is 4. The lowest BCUT2D eigenvalue weighted by Gasteiger charge is -2.02. The maximum atomic E-state index is 9.52. The van der Waals surface area contributed by atoms with Crippen LogP contribution in [0.3, 0.4) is 0 Å². The first-order valence-electron chi connectivity index (χ1n) is 3.79. The van der Waals surface area contributed by atoms with Gasteiger partial charge in [0.1, 0.15) is 5.75 Å². The number of phenolic OH excluding ortho intramolecular Hbond substituents is 1. The summed E-state index contributed by atoms with van der Waals surface area (Å²) < 4.78 is 0. The molecule has 0 atom stereocenters. The predicted molar refractivity (Wildman–Crippen MR) is 53.0 cm³/mol. The summed E-state index contributed by atoms with van der Waals surface area (Å²) in [6.07, 6.45) is 3.57. The lowest BCUT2D eigenvalue weighted by atomic mass is 10.2. The molecule has 3 nitrogen and oxygen atoms in total. The first-order chi connectivity index (χ1) is 6.31. The van der Waals surface area contributed by atoms with E-state index in [4.69, 9.17) is 0 Å². The van der Waals surface area contributed by atoms with Crippen LogP contribution >= 0.6 is 11.8 Å². The molecule has 2 aromatic rings. The molecule has 0 aliphatic rings. The van der Waals surface area contributed by atoms with Gasteiger partial charge in [-0.1, -0.05) is 0 Å². The summed E-state index contributed by atoms with van der Waals surface area (Å²) in [6.45, 7) is 0. The second kappa shape index (κ2) is 3.22. The number of hydrogen-bond donors (Lipinski definition) is 1. The highest BCUT2D eigenvalue weighted by Crippen LogP contribution is 2.29. The molecule has 66 valence electrons. The van der Waals surface area contributed by atoms with E-state index in [-0.39, 0.29) is 5.75 Å². The van der Waals surface area contributed by atoms with Crippen molar-refractivity contribution in [2.24, 2.45) is 0 Å². The Balaban J connectivity index is 2.74. The summed E-state index contributed by atoms with van der Waals surface area (Å²) in [6, 6.07) is 5.42. The molecule has 1 heterocycles. The Hall–Kier alpha value is -1.29. The summed E-state index contributed by atoms with van der Waals surface area (Å²) in [4.78, 5) is 0.862. The van der Waals surface area contributed by atoms with Crippen LogP contribution in [0.4, 0.5) is 0 Å². The van der Waals surface area contributed by atoms with E-state index < -0.39 is 0 Å². The normalized spacial score (nSPS) is 10.5. The Morgan fingerprint density at radius 1 is 1.38 bits per heavy atom. The van der Waals surface area contributed by atoms with Crippen molar-refractivity contribution in [1.82, 2.24) is 10.2 Å². The molecule has 13 heavy (non-hydrogen) atoms. The van der Waals surface area contributed by atoms with Gasteiger partial charge < -0.3 is 5.11 Å². The summed E-state index contributed by atoms with van der Waals surface area (Å²) >= 11 is 1.51. The van der Waals surface area contributed by atoms with Gasteiger partial charge in [-0.05, 0) is 18.4 Å². The van der Waals surface area contributed by atoms with Gasteiger partial charge in [-0.3, -0.25) is 0 Å². The molecule has 0 aliphatic carbocycles. The minimum atomic E-state index is 0.264. The monoisotopic (exact) mass is 192 g/mol. The second-order valence-corrected chi connectivity index (χ2v) is 3.46. The zero-order valence-electron chi connectivity index (χ0n) is 7.06. The number of fused-ring (bicyclic) bond motifs is 1. The Labute approximate surface area is 79.8 Å².